The SMILES string of the molecule is O=C(Nc1ccc(NC2CN(C(=O)Nc3ccccc3F)C2)nc1)c1oc(-c2ccccc2)nc1C(F)(F)F. The van der Waals surface area contributed by atoms with Gasteiger partial charge in [0, 0.05) is 18.7 Å². The second kappa shape index (κ2) is 10.4. The number of nitrogens with one attached hydrogen (secondary N) is 3. The monoisotopic (exact) mass is 540 g/mol. The Kier molecular flexibility index (Phi) is 6.88. The molecule has 0 spiro atoms. The fourth-order valence-electron chi connectivity index (χ4n) is 3.81. The van der Waals surface area contributed by atoms with Crippen molar-refractivity contribution in [1.82, 2.24) is 14.9 Å². The third kappa shape index (κ3) is 5.81. The first-order chi connectivity index (χ1) is 18.7. The number of alkyl halides is 3. The zero-order valence-corrected chi connectivity index (χ0v) is 20.0. The second-order valence-corrected chi connectivity index (χ2v) is 8.60. The molecular formula is C26H20F4N6O3. The van der Waals surface area contributed by atoms with Gasteiger partial charge in [-0.25, -0.2) is 19.2 Å². The number of hydrogen-bond donors (Lipinski definition) is 3. The average Bonchev–Trinajstić information content (AvgIpc) is 3.35. The maximum Gasteiger partial charge on any atom is 0.437 e. The molecule has 0 saturated carbocycles. The predicted molar refractivity (Wildman–Crippen MR) is 134 cm³/mol. The number of urea groups is 1. The number of para-hydroxylation sites is 1. The van der Waals surface area contributed by atoms with Crippen LogP contribution >= 0.6 is 0 Å². The molecule has 1 saturated heterocycles. The zero-order valence-electron chi connectivity index (χ0n) is 20.0. The number of oxazole rings is 1. The van der Waals surface area contributed by atoms with E-state index in [9.17, 15) is 27.2 Å². The van der Waals surface area contributed by atoms with E-state index in [0.29, 0.717) is 24.5 Å². The number of carbonyl (C=O) groups is 2. The van der Waals surface area contributed by atoms with Gasteiger partial charge in [0.15, 0.2) is 5.69 Å². The Morgan fingerprint density at radius 2 is 1.67 bits per heavy atom. The molecule has 3 heterocycles. The summed E-state index contributed by atoms with van der Waals surface area (Å²) in [7, 11) is 0. The summed E-state index contributed by atoms with van der Waals surface area (Å²) in [6.07, 6.45) is -3.64. The van der Waals surface area contributed by atoms with Crippen LogP contribution in [0, 0.1) is 5.82 Å². The molecule has 13 heteroatoms. The Morgan fingerprint density at radius 1 is 0.949 bits per heavy atom. The van der Waals surface area contributed by atoms with Gasteiger partial charge in [-0.15, -0.1) is 0 Å². The van der Waals surface area contributed by atoms with Crippen LogP contribution < -0.4 is 16.0 Å². The molecule has 1 aliphatic heterocycles. The summed E-state index contributed by atoms with van der Waals surface area (Å²) in [5, 5.41) is 7.95. The predicted octanol–water partition coefficient (Wildman–Crippen LogP) is 5.48. The number of benzene rings is 2. The quantitative estimate of drug-likeness (QED) is 0.280. The maximum atomic E-state index is 13.7. The molecule has 4 aromatic rings. The number of pyridine rings is 1. The topological polar surface area (TPSA) is 112 Å². The highest BCUT2D eigenvalue weighted by Crippen LogP contribution is 2.34. The van der Waals surface area contributed by atoms with Crippen LogP contribution in [0.3, 0.4) is 0 Å². The van der Waals surface area contributed by atoms with Crippen molar-refractivity contribution in [2.75, 3.05) is 29.0 Å². The molecule has 0 unspecified atom stereocenters. The van der Waals surface area contributed by atoms with E-state index in [1.165, 1.54) is 53.6 Å². The van der Waals surface area contributed by atoms with E-state index in [0.717, 1.165) is 0 Å². The molecule has 0 bridgehead atoms. The van der Waals surface area contributed by atoms with E-state index in [4.69, 9.17) is 4.42 Å². The summed E-state index contributed by atoms with van der Waals surface area (Å²) in [5.74, 6) is -2.54. The Hall–Kier alpha value is -4.94. The average molecular weight is 540 g/mol. The molecule has 0 atom stereocenters. The van der Waals surface area contributed by atoms with Gasteiger partial charge in [-0.2, -0.15) is 13.2 Å². The van der Waals surface area contributed by atoms with Crippen molar-refractivity contribution in [1.29, 1.82) is 0 Å². The van der Waals surface area contributed by atoms with Gasteiger partial charge in [-0.05, 0) is 36.4 Å². The van der Waals surface area contributed by atoms with Crippen LogP contribution in [0.4, 0.5) is 39.5 Å². The van der Waals surface area contributed by atoms with E-state index in [1.54, 1.807) is 24.3 Å². The second-order valence-electron chi connectivity index (χ2n) is 8.60. The Labute approximate surface area is 218 Å². The highest BCUT2D eigenvalue weighted by molar-refractivity contribution is 6.03. The smallest absolute Gasteiger partial charge is 0.430 e. The number of anilines is 3. The lowest BCUT2D eigenvalue weighted by Gasteiger charge is -2.39. The van der Waals surface area contributed by atoms with Crippen molar-refractivity contribution < 1.29 is 31.6 Å². The zero-order chi connectivity index (χ0) is 27.6. The standard InChI is InChI=1S/C26H20F4N6O3/c27-18-8-4-5-9-19(18)34-25(38)36-13-17(14-36)32-20-11-10-16(12-31-20)33-23(37)21-22(26(28,29)30)35-24(39-21)15-6-2-1-3-7-15/h1-12,17H,13-14H2,(H,31,32)(H,33,37)(H,34,38). The maximum absolute atomic E-state index is 13.7. The van der Waals surface area contributed by atoms with Crippen LogP contribution in [0.5, 0.6) is 0 Å². The lowest BCUT2D eigenvalue weighted by atomic mass is 10.1. The highest BCUT2D eigenvalue weighted by Gasteiger charge is 2.41. The minimum atomic E-state index is -4.90. The van der Waals surface area contributed by atoms with Crippen LogP contribution in [-0.4, -0.2) is 45.9 Å². The molecule has 1 aliphatic rings. The first-order valence-corrected chi connectivity index (χ1v) is 11.7. The van der Waals surface area contributed by atoms with Gasteiger partial charge < -0.3 is 25.3 Å². The summed E-state index contributed by atoms with van der Waals surface area (Å²) in [6, 6.07) is 16.2. The van der Waals surface area contributed by atoms with Crippen LogP contribution in [-0.2, 0) is 6.18 Å². The summed E-state index contributed by atoms with van der Waals surface area (Å²) < 4.78 is 59.5. The number of aromatic nitrogens is 2. The van der Waals surface area contributed by atoms with Crippen LogP contribution in [0.1, 0.15) is 16.2 Å². The fraction of sp³-hybridized carbons (Fsp3) is 0.154. The lowest BCUT2D eigenvalue weighted by molar-refractivity contribution is -0.141. The Morgan fingerprint density at radius 3 is 2.33 bits per heavy atom. The molecule has 9 nitrogen and oxygen atoms in total. The highest BCUT2D eigenvalue weighted by atomic mass is 19.4. The summed E-state index contributed by atoms with van der Waals surface area (Å²) in [6.45, 7) is 0.686. The molecule has 39 heavy (non-hydrogen) atoms. The molecule has 0 radical (unpaired) electrons. The number of likely N-dealkylation sites (tertiary alicyclic amines) is 1. The number of nitrogens with zero attached hydrogens (tertiary/aromatic N) is 3. The Bertz CT molecular complexity index is 1490. The van der Waals surface area contributed by atoms with Crippen LogP contribution in [0.15, 0.2) is 77.3 Å². The van der Waals surface area contributed by atoms with E-state index < -0.39 is 35.4 Å². The normalized spacial score (nSPS) is 13.5. The first kappa shape index (κ1) is 25.7. The fourth-order valence-corrected chi connectivity index (χ4v) is 3.81. The van der Waals surface area contributed by atoms with E-state index in [1.807, 2.05) is 0 Å². The van der Waals surface area contributed by atoms with Gasteiger partial charge in [0.1, 0.15) is 11.6 Å². The van der Waals surface area contributed by atoms with Crippen LogP contribution in [0.2, 0.25) is 0 Å². The van der Waals surface area contributed by atoms with Gasteiger partial charge in [-0.1, -0.05) is 30.3 Å². The minimum Gasteiger partial charge on any atom is -0.430 e. The minimum absolute atomic E-state index is 0.0854. The summed E-state index contributed by atoms with van der Waals surface area (Å²) in [5.41, 5.74) is -0.921. The summed E-state index contributed by atoms with van der Waals surface area (Å²) in [4.78, 5) is 34.0. The summed E-state index contributed by atoms with van der Waals surface area (Å²) >= 11 is 0. The van der Waals surface area contributed by atoms with Crippen molar-refractivity contribution in [2.45, 2.75) is 12.2 Å². The van der Waals surface area contributed by atoms with E-state index in [-0.39, 0.29) is 23.3 Å². The first-order valence-electron chi connectivity index (χ1n) is 11.7. The lowest BCUT2D eigenvalue weighted by Crippen LogP contribution is -2.58. The van der Waals surface area contributed by atoms with Gasteiger partial charge in [0.05, 0.1) is 23.6 Å². The third-order valence-corrected chi connectivity index (χ3v) is 5.78. The van der Waals surface area contributed by atoms with Crippen molar-refractivity contribution in [3.05, 3.63) is 90.2 Å². The van der Waals surface area contributed by atoms with E-state index in [2.05, 4.69) is 25.9 Å². The third-order valence-electron chi connectivity index (χ3n) is 5.78. The molecule has 5 rings (SSSR count). The number of carbonyl (C=O) groups excluding carboxylic acids is 2. The molecule has 200 valence electrons. The van der Waals surface area contributed by atoms with Gasteiger partial charge in [0.2, 0.25) is 11.7 Å². The molecule has 2 aromatic heterocycles. The number of amides is 3. The van der Waals surface area contributed by atoms with Gasteiger partial charge >= 0.3 is 12.2 Å². The van der Waals surface area contributed by atoms with E-state index >= 15 is 0 Å². The molecule has 0 aliphatic carbocycles. The van der Waals surface area contributed by atoms with Crippen molar-refractivity contribution >= 4 is 29.1 Å². The molecule has 3 N–H and O–H groups in total. The number of rotatable bonds is 6. The van der Waals surface area contributed by atoms with Crippen LogP contribution in [0.25, 0.3) is 11.5 Å². The molecule has 1 fully saturated rings. The van der Waals surface area contributed by atoms with Crippen molar-refractivity contribution in [3.8, 4) is 11.5 Å². The van der Waals surface area contributed by atoms with Crippen molar-refractivity contribution in [3.63, 3.8) is 0 Å². The largest absolute Gasteiger partial charge is 0.437 e. The molecule has 2 aromatic carbocycles. The van der Waals surface area contributed by atoms with Gasteiger partial charge in [0.25, 0.3) is 5.91 Å². The number of hydrogen-bond acceptors (Lipinski definition) is 6. The van der Waals surface area contributed by atoms with Crippen molar-refractivity contribution in [2.24, 2.45) is 0 Å². The van der Waals surface area contributed by atoms with Gasteiger partial charge in [-0.3, -0.25) is 4.79 Å². The number of halogens is 4. The molecule has 3 amide bonds. The molecular weight excluding hydrogens is 520 g/mol. The Balaban J connectivity index is 1.18.